The molecule has 18 heavy (non-hydrogen) atoms. The third-order valence-electron chi connectivity index (χ3n) is 2.40. The van der Waals surface area contributed by atoms with Crippen LogP contribution in [0.3, 0.4) is 0 Å². The van der Waals surface area contributed by atoms with E-state index in [0.717, 1.165) is 0 Å². The van der Waals surface area contributed by atoms with E-state index < -0.39 is 29.8 Å². The van der Waals surface area contributed by atoms with E-state index in [-0.39, 0.29) is 19.2 Å². The number of alkyl halides is 2. The minimum Gasteiger partial charge on any atom is -0.447 e. The van der Waals surface area contributed by atoms with E-state index >= 15 is 0 Å². The highest BCUT2D eigenvalue weighted by Gasteiger charge is 2.42. The predicted molar refractivity (Wildman–Crippen MR) is 63.0 cm³/mol. The van der Waals surface area contributed by atoms with Crippen molar-refractivity contribution in [1.82, 2.24) is 4.90 Å². The molecule has 0 radical (unpaired) electrons. The summed E-state index contributed by atoms with van der Waals surface area (Å²) in [6, 6.07) is -0.373. The van der Waals surface area contributed by atoms with Gasteiger partial charge in [0.2, 0.25) is 6.17 Å². The molecule has 1 amide bonds. The minimum absolute atomic E-state index is 0.146. The predicted octanol–water partition coefficient (Wildman–Crippen LogP) is 1.93. The number of esters is 1. The van der Waals surface area contributed by atoms with Crippen molar-refractivity contribution in [2.24, 2.45) is 5.92 Å². The molecule has 5 nitrogen and oxygen atoms in total. The molecular formula is C11H17ClFNO4. The van der Waals surface area contributed by atoms with Gasteiger partial charge in [0.15, 0.2) is 6.07 Å². The van der Waals surface area contributed by atoms with E-state index in [9.17, 15) is 14.0 Å². The summed E-state index contributed by atoms with van der Waals surface area (Å²) < 4.78 is 22.9. The molecule has 7 heteroatoms. The largest absolute Gasteiger partial charge is 0.447 e. The van der Waals surface area contributed by atoms with Crippen molar-refractivity contribution in [3.05, 3.63) is 0 Å². The van der Waals surface area contributed by atoms with Crippen LogP contribution < -0.4 is 0 Å². The summed E-state index contributed by atoms with van der Waals surface area (Å²) >= 11 is 5.16. The van der Waals surface area contributed by atoms with Gasteiger partial charge in [-0.2, -0.15) is 0 Å². The first-order chi connectivity index (χ1) is 8.24. The molecule has 0 aliphatic carbocycles. The summed E-state index contributed by atoms with van der Waals surface area (Å²) in [5.41, 5.74) is -0.588. The fourth-order valence-electron chi connectivity index (χ4n) is 1.50. The monoisotopic (exact) mass is 281 g/mol. The number of nitrogens with zero attached hydrogens (tertiary/aromatic N) is 1. The number of carbonyl (C=O) groups excluding carboxylic acids is 2. The Morgan fingerprint density at radius 1 is 1.44 bits per heavy atom. The molecule has 0 aromatic rings. The number of likely N-dealkylation sites (tertiary alicyclic amines) is 1. The Balaban J connectivity index is 2.35. The van der Waals surface area contributed by atoms with Crippen LogP contribution in [0.2, 0.25) is 0 Å². The summed E-state index contributed by atoms with van der Waals surface area (Å²) in [6.45, 7) is 5.54. The van der Waals surface area contributed by atoms with E-state index in [1.165, 1.54) is 4.90 Å². The molecule has 0 aromatic carbocycles. The van der Waals surface area contributed by atoms with Crippen LogP contribution in [0.4, 0.5) is 9.18 Å². The summed E-state index contributed by atoms with van der Waals surface area (Å²) in [7, 11) is 0. The van der Waals surface area contributed by atoms with Gasteiger partial charge in [-0.25, -0.2) is 14.0 Å². The Morgan fingerprint density at radius 2 is 2.00 bits per heavy atom. The topological polar surface area (TPSA) is 55.8 Å². The first-order valence-corrected chi connectivity index (χ1v) is 6.12. The van der Waals surface area contributed by atoms with Gasteiger partial charge < -0.3 is 14.4 Å². The first kappa shape index (κ1) is 15.0. The van der Waals surface area contributed by atoms with Crippen LogP contribution in [0, 0.1) is 5.92 Å². The lowest BCUT2D eigenvalue weighted by Gasteiger charge is -2.40. The molecule has 0 N–H and O–H groups in total. The van der Waals surface area contributed by atoms with Crippen molar-refractivity contribution in [2.75, 3.05) is 19.2 Å². The number of amides is 1. The number of carbonyl (C=O) groups is 2. The van der Waals surface area contributed by atoms with Gasteiger partial charge >= 0.3 is 12.1 Å². The molecular weight excluding hydrogens is 265 g/mol. The Labute approximate surface area is 110 Å². The molecule has 1 atom stereocenters. The lowest BCUT2D eigenvalue weighted by atomic mass is 9.95. The maximum atomic E-state index is 13.5. The van der Waals surface area contributed by atoms with Crippen LogP contribution in [0.1, 0.15) is 20.8 Å². The highest BCUT2D eigenvalue weighted by atomic mass is 35.5. The zero-order chi connectivity index (χ0) is 13.9. The smallest absolute Gasteiger partial charge is 0.410 e. The van der Waals surface area contributed by atoms with Gasteiger partial charge in [0.25, 0.3) is 0 Å². The Bertz CT molecular complexity index is 325. The van der Waals surface area contributed by atoms with E-state index in [2.05, 4.69) is 4.74 Å². The van der Waals surface area contributed by atoms with Gasteiger partial charge in [-0.3, -0.25) is 0 Å². The number of halogens is 2. The van der Waals surface area contributed by atoms with Crippen LogP contribution in [0.15, 0.2) is 0 Å². The Kier molecular flexibility index (Phi) is 4.78. The third-order valence-corrected chi connectivity index (χ3v) is 2.51. The second-order valence-corrected chi connectivity index (χ2v) is 5.34. The Morgan fingerprint density at radius 3 is 2.44 bits per heavy atom. The molecule has 0 saturated carbocycles. The van der Waals surface area contributed by atoms with Crippen molar-refractivity contribution in [2.45, 2.75) is 32.5 Å². The maximum Gasteiger partial charge on any atom is 0.410 e. The highest BCUT2D eigenvalue weighted by molar-refractivity contribution is 6.17. The van der Waals surface area contributed by atoms with E-state index in [4.69, 9.17) is 16.3 Å². The van der Waals surface area contributed by atoms with Crippen molar-refractivity contribution >= 4 is 23.7 Å². The molecule has 0 aromatic heterocycles. The fraction of sp³-hybridized carbons (Fsp3) is 0.818. The quantitative estimate of drug-likeness (QED) is 0.586. The standard InChI is InChI=1S/C11H17ClFNO4/c1-11(2,3)18-10(16)14-4-7(5-14)8(13)9(15)17-6-12/h7-8H,4-6H2,1-3H3. The maximum absolute atomic E-state index is 13.5. The van der Waals surface area contributed by atoms with Crippen LogP contribution in [-0.4, -0.2) is 47.9 Å². The Hall–Kier alpha value is -1.04. The SMILES string of the molecule is CC(C)(C)OC(=O)N1CC(C(F)C(=O)OCCl)C1. The van der Waals surface area contributed by atoms with Crippen LogP contribution in [0.5, 0.6) is 0 Å². The molecule has 1 aliphatic heterocycles. The molecule has 0 bridgehead atoms. The fourth-order valence-corrected chi connectivity index (χ4v) is 1.61. The molecule has 1 fully saturated rings. The van der Waals surface area contributed by atoms with Crippen LogP contribution in [-0.2, 0) is 14.3 Å². The third kappa shape index (κ3) is 4.01. The highest BCUT2D eigenvalue weighted by Crippen LogP contribution is 2.24. The molecule has 0 spiro atoms. The molecule has 104 valence electrons. The first-order valence-electron chi connectivity index (χ1n) is 5.59. The summed E-state index contributed by atoms with van der Waals surface area (Å²) in [4.78, 5) is 24.0. The van der Waals surface area contributed by atoms with Gasteiger partial charge in [-0.05, 0) is 20.8 Å². The van der Waals surface area contributed by atoms with E-state index in [1.54, 1.807) is 20.8 Å². The summed E-state index contributed by atoms with van der Waals surface area (Å²) in [5.74, 6) is -1.54. The van der Waals surface area contributed by atoms with E-state index in [1.807, 2.05) is 0 Å². The minimum atomic E-state index is -1.75. The van der Waals surface area contributed by atoms with Crippen LogP contribution in [0.25, 0.3) is 0 Å². The molecule has 1 unspecified atom stereocenters. The molecule has 1 aliphatic rings. The van der Waals surface area contributed by atoms with Crippen molar-refractivity contribution in [1.29, 1.82) is 0 Å². The second kappa shape index (κ2) is 5.73. The average Bonchev–Trinajstić information content (AvgIpc) is 2.12. The lowest BCUT2D eigenvalue weighted by molar-refractivity contribution is -0.152. The van der Waals surface area contributed by atoms with Crippen molar-refractivity contribution in [3.8, 4) is 0 Å². The average molecular weight is 282 g/mol. The lowest BCUT2D eigenvalue weighted by Crippen LogP contribution is -2.56. The second-order valence-electron chi connectivity index (χ2n) is 5.12. The zero-order valence-electron chi connectivity index (χ0n) is 10.6. The normalized spacial score (nSPS) is 17.9. The zero-order valence-corrected chi connectivity index (χ0v) is 11.4. The van der Waals surface area contributed by atoms with Crippen molar-refractivity contribution in [3.63, 3.8) is 0 Å². The molecule has 1 rings (SSSR count). The van der Waals surface area contributed by atoms with Gasteiger partial charge in [0.1, 0.15) is 5.60 Å². The molecule has 1 saturated heterocycles. The number of ether oxygens (including phenoxy) is 2. The summed E-state index contributed by atoms with van der Waals surface area (Å²) in [6.07, 6.45) is -2.25. The van der Waals surface area contributed by atoms with Gasteiger partial charge in [-0.1, -0.05) is 11.6 Å². The van der Waals surface area contributed by atoms with Gasteiger partial charge in [0.05, 0.1) is 0 Å². The number of hydrogen-bond acceptors (Lipinski definition) is 4. The molecule has 1 heterocycles. The summed E-state index contributed by atoms with van der Waals surface area (Å²) in [5, 5.41) is 0. The van der Waals surface area contributed by atoms with E-state index in [0.29, 0.717) is 0 Å². The number of hydrogen-bond donors (Lipinski definition) is 0. The van der Waals surface area contributed by atoms with Gasteiger partial charge in [0, 0.05) is 19.0 Å². The van der Waals surface area contributed by atoms with Crippen LogP contribution >= 0.6 is 11.6 Å². The van der Waals surface area contributed by atoms with Crippen molar-refractivity contribution < 1.29 is 23.5 Å². The van der Waals surface area contributed by atoms with Gasteiger partial charge in [-0.15, -0.1) is 0 Å². The number of rotatable bonds is 3.